The maximum absolute atomic E-state index is 12.4. The third-order valence-electron chi connectivity index (χ3n) is 3.73. The Balaban J connectivity index is 2.37. The van der Waals surface area contributed by atoms with E-state index in [0.717, 1.165) is 4.57 Å². The van der Waals surface area contributed by atoms with Crippen LogP contribution in [-0.4, -0.2) is 21.7 Å². The van der Waals surface area contributed by atoms with Gasteiger partial charge in [0.2, 0.25) is 5.75 Å². The van der Waals surface area contributed by atoms with Crippen LogP contribution in [0.1, 0.15) is 16.1 Å². The SMILES string of the molecule is C=CCOc1ccc(C(=O)Oc2c(CC=C)n(C)c(=O)n(C)c2=O)cc1. The zero-order chi connectivity index (χ0) is 19.3. The molecule has 1 aromatic carbocycles. The molecule has 0 atom stereocenters. The zero-order valence-corrected chi connectivity index (χ0v) is 14.7. The predicted octanol–water partition coefficient (Wildman–Crippen LogP) is 1.60. The molecule has 0 saturated carbocycles. The van der Waals surface area contributed by atoms with Crippen LogP contribution < -0.4 is 20.7 Å². The van der Waals surface area contributed by atoms with E-state index in [-0.39, 0.29) is 23.4 Å². The summed E-state index contributed by atoms with van der Waals surface area (Å²) in [5.41, 5.74) is -0.650. The van der Waals surface area contributed by atoms with Gasteiger partial charge in [-0.25, -0.2) is 9.59 Å². The first kappa shape index (κ1) is 19.0. The number of carbonyl (C=O) groups is 1. The lowest BCUT2D eigenvalue weighted by atomic mass is 10.2. The Kier molecular flexibility index (Phi) is 5.95. The Morgan fingerprint density at radius 2 is 1.73 bits per heavy atom. The molecule has 0 bridgehead atoms. The van der Waals surface area contributed by atoms with Crippen molar-refractivity contribution in [3.8, 4) is 11.5 Å². The number of carbonyl (C=O) groups excluding carboxylic acids is 1. The van der Waals surface area contributed by atoms with Gasteiger partial charge in [-0.05, 0) is 24.3 Å². The molecular formula is C19H20N2O5. The molecule has 26 heavy (non-hydrogen) atoms. The van der Waals surface area contributed by atoms with E-state index in [4.69, 9.17) is 9.47 Å². The Labute approximate surface area is 150 Å². The molecule has 0 amide bonds. The topological polar surface area (TPSA) is 79.5 Å². The van der Waals surface area contributed by atoms with E-state index in [1.54, 1.807) is 18.2 Å². The maximum Gasteiger partial charge on any atom is 0.343 e. The summed E-state index contributed by atoms with van der Waals surface area (Å²) in [4.78, 5) is 36.8. The standard InChI is InChI=1S/C19H20N2O5/c1-5-7-15-16(17(22)21(4)19(24)20(15)3)26-18(23)13-8-10-14(11-9-13)25-12-6-2/h5-6,8-11H,1-2,7,12H2,3-4H3. The van der Waals surface area contributed by atoms with Crippen molar-refractivity contribution in [2.24, 2.45) is 14.1 Å². The summed E-state index contributed by atoms with van der Waals surface area (Å²) in [5, 5.41) is 0. The Bertz CT molecular complexity index is 952. The first-order chi connectivity index (χ1) is 12.4. The molecule has 7 heteroatoms. The minimum Gasteiger partial charge on any atom is -0.490 e. The molecule has 1 aromatic heterocycles. The van der Waals surface area contributed by atoms with Crippen molar-refractivity contribution >= 4 is 5.97 Å². The van der Waals surface area contributed by atoms with Crippen LogP contribution in [0.15, 0.2) is 59.2 Å². The first-order valence-electron chi connectivity index (χ1n) is 7.86. The predicted molar refractivity (Wildman–Crippen MR) is 97.9 cm³/mol. The summed E-state index contributed by atoms with van der Waals surface area (Å²) in [5.74, 6) is -0.320. The lowest BCUT2D eigenvalue weighted by Crippen LogP contribution is -2.40. The van der Waals surface area contributed by atoms with Gasteiger partial charge in [0.05, 0.1) is 11.3 Å². The monoisotopic (exact) mass is 356 g/mol. The minimum absolute atomic E-state index is 0.188. The van der Waals surface area contributed by atoms with Gasteiger partial charge in [-0.3, -0.25) is 13.9 Å². The molecule has 136 valence electrons. The number of ether oxygens (including phenoxy) is 2. The molecular weight excluding hydrogens is 336 g/mol. The van der Waals surface area contributed by atoms with E-state index >= 15 is 0 Å². The molecule has 2 rings (SSSR count). The number of allylic oxidation sites excluding steroid dienone is 1. The highest BCUT2D eigenvalue weighted by atomic mass is 16.5. The molecule has 0 aliphatic carbocycles. The molecule has 0 aliphatic heterocycles. The quantitative estimate of drug-likeness (QED) is 0.556. The number of esters is 1. The van der Waals surface area contributed by atoms with Gasteiger partial charge in [0.15, 0.2) is 0 Å². The third kappa shape index (κ3) is 3.83. The summed E-state index contributed by atoms with van der Waals surface area (Å²) in [7, 11) is 2.83. The number of benzene rings is 1. The summed E-state index contributed by atoms with van der Waals surface area (Å²) < 4.78 is 12.8. The van der Waals surface area contributed by atoms with Crippen LogP contribution in [0.4, 0.5) is 0 Å². The molecule has 0 radical (unpaired) electrons. The highest BCUT2D eigenvalue weighted by molar-refractivity contribution is 5.91. The fraction of sp³-hybridized carbons (Fsp3) is 0.211. The van der Waals surface area contributed by atoms with Gasteiger partial charge in [0, 0.05) is 20.5 Å². The van der Waals surface area contributed by atoms with Crippen molar-refractivity contribution in [2.45, 2.75) is 6.42 Å². The molecule has 0 fully saturated rings. The van der Waals surface area contributed by atoms with Crippen LogP contribution in [0, 0.1) is 0 Å². The Morgan fingerprint density at radius 1 is 1.08 bits per heavy atom. The lowest BCUT2D eigenvalue weighted by Gasteiger charge is -2.14. The van der Waals surface area contributed by atoms with Gasteiger partial charge in [-0.15, -0.1) is 6.58 Å². The van der Waals surface area contributed by atoms with Gasteiger partial charge < -0.3 is 9.47 Å². The number of hydrogen-bond donors (Lipinski definition) is 0. The van der Waals surface area contributed by atoms with Crippen LogP contribution >= 0.6 is 0 Å². The van der Waals surface area contributed by atoms with Gasteiger partial charge in [0.25, 0.3) is 5.56 Å². The van der Waals surface area contributed by atoms with E-state index in [9.17, 15) is 14.4 Å². The van der Waals surface area contributed by atoms with Crippen LogP contribution in [0.2, 0.25) is 0 Å². The molecule has 0 unspecified atom stereocenters. The number of aromatic nitrogens is 2. The second kappa shape index (κ2) is 8.15. The minimum atomic E-state index is -0.707. The molecule has 2 aromatic rings. The third-order valence-corrected chi connectivity index (χ3v) is 3.73. The number of hydrogen-bond acceptors (Lipinski definition) is 5. The molecule has 1 heterocycles. The van der Waals surface area contributed by atoms with Crippen LogP contribution in [0.3, 0.4) is 0 Å². The van der Waals surface area contributed by atoms with Crippen molar-refractivity contribution < 1.29 is 14.3 Å². The van der Waals surface area contributed by atoms with Crippen LogP contribution in [0.25, 0.3) is 0 Å². The zero-order valence-electron chi connectivity index (χ0n) is 14.7. The summed E-state index contributed by atoms with van der Waals surface area (Å²) in [6.45, 7) is 7.51. The lowest BCUT2D eigenvalue weighted by molar-refractivity contribution is 0.0728. The van der Waals surface area contributed by atoms with E-state index in [2.05, 4.69) is 13.2 Å². The fourth-order valence-electron chi connectivity index (χ4n) is 2.32. The summed E-state index contributed by atoms with van der Waals surface area (Å²) in [6, 6.07) is 6.29. The largest absolute Gasteiger partial charge is 0.490 e. The molecule has 0 spiro atoms. The van der Waals surface area contributed by atoms with Crippen molar-refractivity contribution in [3.05, 3.63) is 81.7 Å². The second-order valence-corrected chi connectivity index (χ2v) is 5.49. The average Bonchev–Trinajstić information content (AvgIpc) is 2.66. The second-order valence-electron chi connectivity index (χ2n) is 5.49. The van der Waals surface area contributed by atoms with E-state index in [0.29, 0.717) is 12.4 Å². The Hall–Kier alpha value is -3.35. The fourth-order valence-corrected chi connectivity index (χ4v) is 2.32. The average molecular weight is 356 g/mol. The van der Waals surface area contributed by atoms with Crippen LogP contribution in [-0.2, 0) is 20.5 Å². The summed E-state index contributed by atoms with van der Waals surface area (Å²) >= 11 is 0. The van der Waals surface area contributed by atoms with Crippen molar-refractivity contribution in [2.75, 3.05) is 6.61 Å². The Morgan fingerprint density at radius 3 is 2.31 bits per heavy atom. The van der Waals surface area contributed by atoms with Crippen molar-refractivity contribution in [3.63, 3.8) is 0 Å². The van der Waals surface area contributed by atoms with Gasteiger partial charge in [-0.2, -0.15) is 0 Å². The molecule has 0 saturated heterocycles. The van der Waals surface area contributed by atoms with E-state index in [1.165, 1.54) is 36.9 Å². The maximum atomic E-state index is 12.4. The van der Waals surface area contributed by atoms with Gasteiger partial charge >= 0.3 is 11.7 Å². The number of rotatable bonds is 7. The highest BCUT2D eigenvalue weighted by Crippen LogP contribution is 2.16. The normalized spacial score (nSPS) is 10.2. The smallest absolute Gasteiger partial charge is 0.343 e. The molecule has 0 N–H and O–H groups in total. The summed E-state index contributed by atoms with van der Waals surface area (Å²) in [6.07, 6.45) is 3.34. The van der Waals surface area contributed by atoms with Crippen molar-refractivity contribution in [1.82, 2.24) is 9.13 Å². The highest BCUT2D eigenvalue weighted by Gasteiger charge is 2.20. The van der Waals surface area contributed by atoms with Gasteiger partial charge in [0.1, 0.15) is 12.4 Å². The first-order valence-corrected chi connectivity index (χ1v) is 7.86. The van der Waals surface area contributed by atoms with Crippen LogP contribution in [0.5, 0.6) is 11.5 Å². The molecule has 7 nitrogen and oxygen atoms in total. The number of nitrogens with zero attached hydrogens (tertiary/aromatic N) is 2. The van der Waals surface area contributed by atoms with Gasteiger partial charge in [-0.1, -0.05) is 18.7 Å². The van der Waals surface area contributed by atoms with E-state index < -0.39 is 17.2 Å². The molecule has 0 aliphatic rings. The van der Waals surface area contributed by atoms with E-state index in [1.807, 2.05) is 0 Å². The van der Waals surface area contributed by atoms with Crippen molar-refractivity contribution in [1.29, 1.82) is 0 Å².